The molecule has 0 saturated heterocycles. The summed E-state index contributed by atoms with van der Waals surface area (Å²) in [5, 5.41) is 5.07. The van der Waals surface area contributed by atoms with E-state index in [0.717, 1.165) is 19.3 Å². The smallest absolute Gasteiger partial charge is 0.312 e. The van der Waals surface area contributed by atoms with Gasteiger partial charge in [0.25, 0.3) is 0 Å². The molecule has 0 aliphatic heterocycles. The summed E-state index contributed by atoms with van der Waals surface area (Å²) in [5.74, 6) is 1.05. The maximum Gasteiger partial charge on any atom is 0.312 e. The maximum absolute atomic E-state index is 13.3. The predicted molar refractivity (Wildman–Crippen MR) is 139 cm³/mol. The van der Waals surface area contributed by atoms with Crippen LogP contribution in [0, 0.1) is 36.5 Å². The van der Waals surface area contributed by atoms with E-state index >= 15 is 0 Å². The molecule has 35 heavy (non-hydrogen) atoms. The summed E-state index contributed by atoms with van der Waals surface area (Å²) in [6, 6.07) is 6.60. The van der Waals surface area contributed by atoms with Crippen LogP contribution in [0.4, 0.5) is 0 Å². The molecule has 3 fully saturated rings. The summed E-state index contributed by atoms with van der Waals surface area (Å²) >= 11 is 0. The van der Waals surface area contributed by atoms with Crippen molar-refractivity contribution in [3.05, 3.63) is 46.8 Å². The average molecular weight is 475 g/mol. The van der Waals surface area contributed by atoms with Crippen molar-refractivity contribution in [1.29, 1.82) is 0 Å². The van der Waals surface area contributed by atoms with E-state index in [1.54, 1.807) is 0 Å². The molecule has 4 aliphatic carbocycles. The molecule has 2 aromatic rings. The van der Waals surface area contributed by atoms with E-state index in [0.29, 0.717) is 18.4 Å². The molecule has 1 aromatic carbocycles. The topological polar surface area (TPSA) is 44.1 Å². The standard InChI is InChI=1S/C31H42N2O2/c1-7-35-27(34)30(6)15-9-14-29(5)24(30)13-17-31-19-28(4,16-12-25(29)31)26-22(31)18-32-33(26)23-11-8-10-20(2)21(23)3/h8,10-11,18,24-25H,7,9,12-17,19H2,1-6H3/t24-,25-,28-,29+,30+,31+/m0/s1. The fourth-order valence-electron chi connectivity index (χ4n) is 9.85. The first-order chi connectivity index (χ1) is 16.6. The quantitative estimate of drug-likeness (QED) is 0.451. The lowest BCUT2D eigenvalue weighted by Gasteiger charge is -2.64. The lowest BCUT2D eigenvalue weighted by molar-refractivity contribution is -0.180. The van der Waals surface area contributed by atoms with Crippen molar-refractivity contribution >= 4 is 5.97 Å². The van der Waals surface area contributed by atoms with Crippen molar-refractivity contribution in [1.82, 2.24) is 9.78 Å². The molecule has 6 rings (SSSR count). The summed E-state index contributed by atoms with van der Waals surface area (Å²) in [7, 11) is 0. The van der Waals surface area contributed by atoms with Crippen molar-refractivity contribution in [2.75, 3.05) is 6.61 Å². The molecule has 0 amide bonds. The van der Waals surface area contributed by atoms with Gasteiger partial charge in [-0.2, -0.15) is 5.10 Å². The number of aryl methyl sites for hydroxylation is 1. The highest BCUT2D eigenvalue weighted by Crippen LogP contribution is 2.73. The number of nitrogens with zero attached hydrogens (tertiary/aromatic N) is 2. The summed E-state index contributed by atoms with van der Waals surface area (Å²) < 4.78 is 7.97. The van der Waals surface area contributed by atoms with Gasteiger partial charge < -0.3 is 4.74 Å². The fourth-order valence-corrected chi connectivity index (χ4v) is 9.85. The normalized spacial score (nSPS) is 39.5. The van der Waals surface area contributed by atoms with E-state index in [1.165, 1.54) is 60.2 Å². The number of carbonyl (C=O) groups is 1. The lowest BCUT2D eigenvalue weighted by atomic mass is 9.40. The van der Waals surface area contributed by atoms with Crippen LogP contribution in [0.3, 0.4) is 0 Å². The van der Waals surface area contributed by atoms with Crippen LogP contribution in [0.5, 0.6) is 0 Å². The van der Waals surface area contributed by atoms with Crippen LogP contribution in [0.2, 0.25) is 0 Å². The molecule has 1 heterocycles. The molecule has 4 heteroatoms. The summed E-state index contributed by atoms with van der Waals surface area (Å²) in [5.41, 5.74) is 7.05. The number of ether oxygens (including phenoxy) is 1. The van der Waals surface area contributed by atoms with Gasteiger partial charge in [0.1, 0.15) is 0 Å². The fraction of sp³-hybridized carbons (Fsp3) is 0.677. The number of fused-ring (bicyclic) bond motifs is 5. The Hall–Kier alpha value is -2.10. The molecule has 4 aliphatic rings. The second-order valence-corrected chi connectivity index (χ2v) is 13.1. The zero-order valence-electron chi connectivity index (χ0n) is 22.5. The van der Waals surface area contributed by atoms with Gasteiger partial charge in [0.05, 0.1) is 29.6 Å². The molecule has 6 atom stereocenters. The van der Waals surface area contributed by atoms with Crippen LogP contribution in [0.1, 0.15) is 101 Å². The van der Waals surface area contributed by atoms with E-state index in [2.05, 4.69) is 63.7 Å². The van der Waals surface area contributed by atoms with Gasteiger partial charge in [0, 0.05) is 16.4 Å². The molecule has 0 N–H and O–H groups in total. The SMILES string of the molecule is CCOC(=O)[C@]1(C)CCC[C@@]2(C)[C@@H]3CC[C@@]4(C)C[C@]3(CC[C@@H]21)c1cnn(-c2cccc(C)c2C)c14. The van der Waals surface area contributed by atoms with Crippen molar-refractivity contribution in [2.45, 2.75) is 104 Å². The van der Waals surface area contributed by atoms with E-state index in [1.807, 2.05) is 6.92 Å². The first-order valence-corrected chi connectivity index (χ1v) is 13.9. The Kier molecular flexibility index (Phi) is 4.97. The van der Waals surface area contributed by atoms with Gasteiger partial charge in [0.15, 0.2) is 0 Å². The van der Waals surface area contributed by atoms with E-state index in [-0.39, 0.29) is 27.6 Å². The minimum absolute atomic E-state index is 0.0439. The predicted octanol–water partition coefficient (Wildman–Crippen LogP) is 6.97. The molecule has 1 spiro atoms. The van der Waals surface area contributed by atoms with Crippen molar-refractivity contribution in [3.8, 4) is 5.69 Å². The third-order valence-electron chi connectivity index (χ3n) is 11.4. The molecule has 0 unspecified atom stereocenters. The van der Waals surface area contributed by atoms with Gasteiger partial charge in [-0.05, 0) is 107 Å². The Morgan fingerprint density at radius 3 is 2.63 bits per heavy atom. The molecule has 188 valence electrons. The van der Waals surface area contributed by atoms with Crippen LogP contribution < -0.4 is 0 Å². The molecule has 2 bridgehead atoms. The maximum atomic E-state index is 13.3. The van der Waals surface area contributed by atoms with Crippen LogP contribution >= 0.6 is 0 Å². The third-order valence-corrected chi connectivity index (χ3v) is 11.4. The van der Waals surface area contributed by atoms with Crippen LogP contribution in [0.25, 0.3) is 5.69 Å². The lowest BCUT2D eigenvalue weighted by Crippen LogP contribution is -2.60. The Labute approximate surface area is 210 Å². The van der Waals surface area contributed by atoms with Crippen LogP contribution in [-0.2, 0) is 20.4 Å². The van der Waals surface area contributed by atoms with Gasteiger partial charge in [-0.25, -0.2) is 4.68 Å². The monoisotopic (exact) mass is 474 g/mol. The van der Waals surface area contributed by atoms with Crippen LogP contribution in [-0.4, -0.2) is 22.4 Å². The molecule has 0 radical (unpaired) electrons. The number of rotatable bonds is 3. The molecular formula is C31H42N2O2. The Bertz CT molecular complexity index is 1200. The minimum atomic E-state index is -0.352. The van der Waals surface area contributed by atoms with Crippen molar-refractivity contribution in [2.24, 2.45) is 22.7 Å². The second kappa shape index (κ2) is 7.46. The Morgan fingerprint density at radius 1 is 1.09 bits per heavy atom. The van der Waals surface area contributed by atoms with E-state index in [4.69, 9.17) is 9.84 Å². The highest BCUT2D eigenvalue weighted by Gasteiger charge is 2.68. The van der Waals surface area contributed by atoms with Crippen LogP contribution in [0.15, 0.2) is 24.4 Å². The van der Waals surface area contributed by atoms with Gasteiger partial charge in [0.2, 0.25) is 0 Å². The highest BCUT2D eigenvalue weighted by molar-refractivity contribution is 5.77. The second-order valence-electron chi connectivity index (χ2n) is 13.1. The number of carbonyl (C=O) groups excluding carboxylic acids is 1. The number of hydrogen-bond donors (Lipinski definition) is 0. The van der Waals surface area contributed by atoms with E-state index < -0.39 is 0 Å². The molecular weight excluding hydrogens is 432 g/mol. The number of benzene rings is 1. The van der Waals surface area contributed by atoms with Gasteiger partial charge in [-0.1, -0.05) is 32.4 Å². The zero-order valence-corrected chi connectivity index (χ0v) is 22.5. The summed E-state index contributed by atoms with van der Waals surface area (Å²) in [4.78, 5) is 13.3. The number of esters is 1. The third kappa shape index (κ3) is 2.86. The first kappa shape index (κ1) is 23.3. The summed E-state index contributed by atoms with van der Waals surface area (Å²) in [6.07, 6.45) is 11.6. The Morgan fingerprint density at radius 2 is 1.86 bits per heavy atom. The molecule has 4 nitrogen and oxygen atoms in total. The van der Waals surface area contributed by atoms with E-state index in [9.17, 15) is 4.79 Å². The van der Waals surface area contributed by atoms with Crippen molar-refractivity contribution < 1.29 is 9.53 Å². The molecule has 1 aromatic heterocycles. The van der Waals surface area contributed by atoms with Crippen molar-refractivity contribution in [3.63, 3.8) is 0 Å². The minimum Gasteiger partial charge on any atom is -0.466 e. The largest absolute Gasteiger partial charge is 0.466 e. The average Bonchev–Trinajstić information content (AvgIpc) is 3.33. The number of hydrogen-bond acceptors (Lipinski definition) is 3. The summed E-state index contributed by atoms with van der Waals surface area (Å²) in [6.45, 7) is 14.1. The highest BCUT2D eigenvalue weighted by atomic mass is 16.5. The van der Waals surface area contributed by atoms with Gasteiger partial charge in [-0.3, -0.25) is 4.79 Å². The van der Waals surface area contributed by atoms with Gasteiger partial charge in [-0.15, -0.1) is 0 Å². The zero-order chi connectivity index (χ0) is 24.8. The first-order valence-electron chi connectivity index (χ1n) is 13.9. The number of aromatic nitrogens is 2. The Balaban J connectivity index is 1.46. The van der Waals surface area contributed by atoms with Gasteiger partial charge >= 0.3 is 5.97 Å². The molecule has 3 saturated carbocycles.